The van der Waals surface area contributed by atoms with Crippen molar-refractivity contribution in [1.82, 2.24) is 5.32 Å². The number of carboxylic acids is 1. The zero-order valence-electron chi connectivity index (χ0n) is 9.11. The topological polar surface area (TPSA) is 106 Å². The molecule has 1 aromatic heterocycles. The van der Waals surface area contributed by atoms with Crippen LogP contribution in [0.5, 0.6) is 0 Å². The molecule has 6 nitrogen and oxygen atoms in total. The summed E-state index contributed by atoms with van der Waals surface area (Å²) in [4.78, 5) is 21.4. The second kappa shape index (κ2) is 4.80. The van der Waals surface area contributed by atoms with Gasteiger partial charge in [-0.15, -0.1) is 0 Å². The predicted molar refractivity (Wildman–Crippen MR) is 55.9 cm³/mol. The molecule has 1 aromatic rings. The van der Waals surface area contributed by atoms with E-state index >= 15 is 0 Å². The summed E-state index contributed by atoms with van der Waals surface area (Å²) in [5.74, 6) is -1.17. The van der Waals surface area contributed by atoms with E-state index < -0.39 is 17.9 Å². The van der Waals surface area contributed by atoms with Crippen LogP contribution < -0.4 is 11.1 Å². The molecule has 1 unspecified atom stereocenters. The number of rotatable bonds is 5. The zero-order valence-corrected chi connectivity index (χ0v) is 9.11. The van der Waals surface area contributed by atoms with Gasteiger partial charge in [-0.1, -0.05) is 0 Å². The number of furan rings is 1. The molecule has 0 spiro atoms. The minimum atomic E-state index is -1.11. The van der Waals surface area contributed by atoms with Crippen LogP contribution in [0.15, 0.2) is 10.5 Å². The van der Waals surface area contributed by atoms with Crippen LogP contribution in [0.25, 0.3) is 0 Å². The third-order valence-corrected chi connectivity index (χ3v) is 2.26. The zero-order chi connectivity index (χ0) is 12.3. The fraction of sp³-hybridized carbons (Fsp3) is 0.400. The van der Waals surface area contributed by atoms with Crippen molar-refractivity contribution in [2.24, 2.45) is 5.73 Å². The molecule has 0 saturated carbocycles. The fourth-order valence-electron chi connectivity index (χ4n) is 1.16. The number of nitrogens with one attached hydrogen (secondary N) is 1. The lowest BCUT2D eigenvalue weighted by Gasteiger charge is -2.08. The number of nitrogens with two attached hydrogens (primary N) is 1. The van der Waals surface area contributed by atoms with Crippen molar-refractivity contribution >= 4 is 11.9 Å². The monoisotopic (exact) mass is 226 g/mol. The number of aromatic carboxylic acids is 1. The SMILES string of the molecule is Cc1oc(C(=O)O)cc1CNC(C)C(N)=O. The van der Waals surface area contributed by atoms with Crippen LogP contribution in [0.1, 0.15) is 28.8 Å². The van der Waals surface area contributed by atoms with Crippen LogP contribution in [-0.2, 0) is 11.3 Å². The molecule has 1 rings (SSSR count). The molecule has 0 radical (unpaired) electrons. The van der Waals surface area contributed by atoms with E-state index in [9.17, 15) is 9.59 Å². The van der Waals surface area contributed by atoms with Crippen molar-refractivity contribution in [3.8, 4) is 0 Å². The van der Waals surface area contributed by atoms with Gasteiger partial charge in [-0.05, 0) is 19.9 Å². The highest BCUT2D eigenvalue weighted by atomic mass is 16.4. The van der Waals surface area contributed by atoms with Crippen LogP contribution in [0.2, 0.25) is 0 Å². The molecular formula is C10H14N2O4. The Labute approximate surface area is 92.4 Å². The number of aryl methyl sites for hydroxylation is 1. The van der Waals surface area contributed by atoms with Crippen molar-refractivity contribution in [2.75, 3.05) is 0 Å². The molecule has 1 heterocycles. The molecule has 0 aliphatic heterocycles. The van der Waals surface area contributed by atoms with Crippen molar-refractivity contribution in [1.29, 1.82) is 0 Å². The van der Waals surface area contributed by atoms with E-state index in [-0.39, 0.29) is 5.76 Å². The van der Waals surface area contributed by atoms with Crippen LogP contribution >= 0.6 is 0 Å². The second-order valence-corrected chi connectivity index (χ2v) is 3.50. The number of hydrogen-bond acceptors (Lipinski definition) is 4. The molecule has 6 heteroatoms. The summed E-state index contributed by atoms with van der Waals surface area (Å²) < 4.78 is 5.01. The van der Waals surface area contributed by atoms with E-state index in [1.807, 2.05) is 0 Å². The van der Waals surface area contributed by atoms with E-state index in [2.05, 4.69) is 5.32 Å². The summed E-state index contributed by atoms with van der Waals surface area (Å²) >= 11 is 0. The molecule has 1 amide bonds. The highest BCUT2D eigenvalue weighted by Crippen LogP contribution is 2.14. The first-order valence-corrected chi connectivity index (χ1v) is 4.77. The quantitative estimate of drug-likeness (QED) is 0.667. The molecule has 0 fully saturated rings. The summed E-state index contributed by atoms with van der Waals surface area (Å²) in [5, 5.41) is 11.6. The molecule has 16 heavy (non-hydrogen) atoms. The van der Waals surface area contributed by atoms with Gasteiger partial charge in [0.25, 0.3) is 0 Å². The number of amides is 1. The second-order valence-electron chi connectivity index (χ2n) is 3.50. The minimum Gasteiger partial charge on any atom is -0.475 e. The number of carboxylic acid groups (broad SMARTS) is 1. The summed E-state index contributed by atoms with van der Waals surface area (Å²) in [6, 6.07) is 0.959. The third-order valence-electron chi connectivity index (χ3n) is 2.26. The van der Waals surface area contributed by atoms with Crippen LogP contribution in [0.3, 0.4) is 0 Å². The molecule has 88 valence electrons. The van der Waals surface area contributed by atoms with Crippen LogP contribution in [0, 0.1) is 6.92 Å². The summed E-state index contributed by atoms with van der Waals surface area (Å²) in [6.07, 6.45) is 0. The molecule has 0 bridgehead atoms. The largest absolute Gasteiger partial charge is 0.475 e. The first-order chi connectivity index (χ1) is 7.41. The Morgan fingerprint density at radius 3 is 2.69 bits per heavy atom. The van der Waals surface area contributed by atoms with Crippen LogP contribution in [-0.4, -0.2) is 23.0 Å². The van der Waals surface area contributed by atoms with Gasteiger partial charge in [-0.3, -0.25) is 4.79 Å². The van der Waals surface area contributed by atoms with E-state index in [0.717, 1.165) is 0 Å². The first kappa shape index (κ1) is 12.3. The fourth-order valence-corrected chi connectivity index (χ4v) is 1.16. The molecule has 0 aromatic carbocycles. The van der Waals surface area contributed by atoms with E-state index in [1.165, 1.54) is 6.07 Å². The standard InChI is InChI=1S/C10H14N2O4/c1-5(9(11)13)12-4-7-3-8(10(14)15)16-6(7)2/h3,5,12H,4H2,1-2H3,(H2,11,13)(H,14,15). The lowest BCUT2D eigenvalue weighted by Crippen LogP contribution is -2.38. The molecule has 0 saturated heterocycles. The van der Waals surface area contributed by atoms with Crippen molar-refractivity contribution in [2.45, 2.75) is 26.4 Å². The van der Waals surface area contributed by atoms with Gasteiger partial charge in [-0.2, -0.15) is 0 Å². The van der Waals surface area contributed by atoms with Crippen molar-refractivity contribution in [3.63, 3.8) is 0 Å². The minimum absolute atomic E-state index is 0.110. The number of carbonyl (C=O) groups excluding carboxylic acids is 1. The first-order valence-electron chi connectivity index (χ1n) is 4.77. The van der Waals surface area contributed by atoms with Crippen molar-refractivity contribution in [3.05, 3.63) is 23.2 Å². The van der Waals surface area contributed by atoms with Gasteiger partial charge in [0.05, 0.1) is 6.04 Å². The van der Waals surface area contributed by atoms with Gasteiger partial charge in [0.1, 0.15) is 5.76 Å². The van der Waals surface area contributed by atoms with E-state index in [0.29, 0.717) is 17.9 Å². The predicted octanol–water partition coefficient (Wildman–Crippen LogP) is 0.250. The molecule has 1 atom stereocenters. The average molecular weight is 226 g/mol. The summed E-state index contributed by atoms with van der Waals surface area (Å²) in [6.45, 7) is 3.64. The Hall–Kier alpha value is -1.82. The average Bonchev–Trinajstić information content (AvgIpc) is 2.56. The van der Waals surface area contributed by atoms with Gasteiger partial charge < -0.3 is 20.6 Å². The van der Waals surface area contributed by atoms with Gasteiger partial charge in [0.2, 0.25) is 11.7 Å². The van der Waals surface area contributed by atoms with Gasteiger partial charge in [0, 0.05) is 12.1 Å². The van der Waals surface area contributed by atoms with Gasteiger partial charge in [-0.25, -0.2) is 4.79 Å². The Morgan fingerprint density at radius 2 is 2.25 bits per heavy atom. The molecule has 0 aliphatic rings. The maximum Gasteiger partial charge on any atom is 0.371 e. The Morgan fingerprint density at radius 1 is 1.62 bits per heavy atom. The summed E-state index contributed by atoms with van der Waals surface area (Å²) in [5.41, 5.74) is 5.77. The lowest BCUT2D eigenvalue weighted by atomic mass is 10.2. The number of carbonyl (C=O) groups is 2. The maximum atomic E-state index is 10.8. The highest BCUT2D eigenvalue weighted by Gasteiger charge is 2.14. The van der Waals surface area contributed by atoms with Crippen molar-refractivity contribution < 1.29 is 19.1 Å². The maximum absolute atomic E-state index is 10.8. The van der Waals surface area contributed by atoms with Gasteiger partial charge in [0.15, 0.2) is 0 Å². The number of primary amides is 1. The Bertz CT molecular complexity index is 411. The normalized spacial score (nSPS) is 12.4. The smallest absolute Gasteiger partial charge is 0.371 e. The van der Waals surface area contributed by atoms with E-state index in [1.54, 1.807) is 13.8 Å². The Balaban J connectivity index is 2.67. The number of hydrogen-bond donors (Lipinski definition) is 3. The van der Waals surface area contributed by atoms with Gasteiger partial charge >= 0.3 is 5.97 Å². The third kappa shape index (κ3) is 2.83. The van der Waals surface area contributed by atoms with E-state index in [4.69, 9.17) is 15.3 Å². The molecule has 0 aliphatic carbocycles. The molecule has 4 N–H and O–H groups in total. The highest BCUT2D eigenvalue weighted by molar-refractivity contribution is 5.84. The Kier molecular flexibility index (Phi) is 3.68. The summed E-state index contributed by atoms with van der Waals surface area (Å²) in [7, 11) is 0. The van der Waals surface area contributed by atoms with Crippen LogP contribution in [0.4, 0.5) is 0 Å². The lowest BCUT2D eigenvalue weighted by molar-refractivity contribution is -0.119. The molecular weight excluding hydrogens is 212 g/mol.